The minimum Gasteiger partial charge on any atom is -0.449 e. The molecule has 0 aliphatic heterocycles. The van der Waals surface area contributed by atoms with Crippen molar-refractivity contribution in [3.05, 3.63) is 0 Å². The summed E-state index contributed by atoms with van der Waals surface area (Å²) in [5.74, 6) is 0.547. The highest BCUT2D eigenvalue weighted by atomic mass is 35.5. The lowest BCUT2D eigenvalue weighted by Gasteiger charge is -2.17. The zero-order valence-corrected chi connectivity index (χ0v) is 15.8. The Kier molecular flexibility index (Phi) is 20.1. The van der Waals surface area contributed by atoms with Gasteiger partial charge in [0.2, 0.25) is 0 Å². The number of halogens is 1. The summed E-state index contributed by atoms with van der Waals surface area (Å²) in [5, 5.41) is 2.53. The third kappa shape index (κ3) is 15.9. The second kappa shape index (κ2) is 18.6. The molecule has 0 bridgehead atoms. The van der Waals surface area contributed by atoms with E-state index >= 15 is 0 Å². The van der Waals surface area contributed by atoms with E-state index in [0.29, 0.717) is 12.5 Å². The molecule has 1 atom stereocenters. The van der Waals surface area contributed by atoms with Gasteiger partial charge in [0.25, 0.3) is 0 Å². The van der Waals surface area contributed by atoms with Gasteiger partial charge in [0, 0.05) is 7.05 Å². The van der Waals surface area contributed by atoms with Gasteiger partial charge in [-0.2, -0.15) is 0 Å². The van der Waals surface area contributed by atoms with Crippen molar-refractivity contribution in [2.75, 3.05) is 13.7 Å². The quantitative estimate of drug-likeness (QED) is 0.389. The van der Waals surface area contributed by atoms with Crippen molar-refractivity contribution in [3.8, 4) is 0 Å². The Morgan fingerprint density at radius 2 is 1.32 bits per heavy atom. The van der Waals surface area contributed by atoms with Crippen LogP contribution in [0.2, 0.25) is 0 Å². The van der Waals surface area contributed by atoms with E-state index in [2.05, 4.69) is 19.2 Å². The standard InChI is InChI=1S/C18H37NO2.ClH/c1-4-6-8-10-11-13-15-17(14-12-9-7-5-2)16-21-18(20)19-3;/h17H,4-16H2,1-3H3,(H,19,20);1H. The van der Waals surface area contributed by atoms with E-state index in [-0.39, 0.29) is 18.5 Å². The van der Waals surface area contributed by atoms with Crippen LogP contribution in [0.5, 0.6) is 0 Å². The Hall–Kier alpha value is -0.440. The van der Waals surface area contributed by atoms with Crippen LogP contribution in [0.3, 0.4) is 0 Å². The molecule has 0 aromatic carbocycles. The van der Waals surface area contributed by atoms with Gasteiger partial charge < -0.3 is 10.1 Å². The highest BCUT2D eigenvalue weighted by molar-refractivity contribution is 5.85. The molecule has 0 aromatic heterocycles. The van der Waals surface area contributed by atoms with E-state index in [1.54, 1.807) is 7.05 Å². The number of hydrogen-bond acceptors (Lipinski definition) is 2. The van der Waals surface area contributed by atoms with Crippen LogP contribution in [0, 0.1) is 5.92 Å². The van der Waals surface area contributed by atoms with Crippen LogP contribution in [0.1, 0.15) is 90.9 Å². The molecule has 22 heavy (non-hydrogen) atoms. The lowest BCUT2D eigenvalue weighted by atomic mass is 9.95. The van der Waals surface area contributed by atoms with Gasteiger partial charge >= 0.3 is 6.09 Å². The predicted molar refractivity (Wildman–Crippen MR) is 97.9 cm³/mol. The SMILES string of the molecule is CCCCCCCCC(CCCCCC)COC(=O)NC.Cl. The maximum Gasteiger partial charge on any atom is 0.406 e. The summed E-state index contributed by atoms with van der Waals surface area (Å²) in [6, 6.07) is 0. The van der Waals surface area contributed by atoms with Crippen molar-refractivity contribution < 1.29 is 9.53 Å². The predicted octanol–water partition coefficient (Wildman–Crippen LogP) is 6.10. The molecule has 1 N–H and O–H groups in total. The van der Waals surface area contributed by atoms with Crippen LogP contribution < -0.4 is 5.32 Å². The second-order valence-corrected chi connectivity index (χ2v) is 6.12. The van der Waals surface area contributed by atoms with Crippen LogP contribution in [-0.4, -0.2) is 19.7 Å². The first-order valence-corrected chi connectivity index (χ1v) is 9.09. The molecule has 4 heteroatoms. The number of rotatable bonds is 14. The third-order valence-corrected chi connectivity index (χ3v) is 4.09. The van der Waals surface area contributed by atoms with Gasteiger partial charge in [0.15, 0.2) is 0 Å². The van der Waals surface area contributed by atoms with Gasteiger partial charge in [-0.25, -0.2) is 4.79 Å². The van der Waals surface area contributed by atoms with Crippen LogP contribution in [0.15, 0.2) is 0 Å². The molecule has 0 aromatic rings. The molecule has 0 saturated carbocycles. The van der Waals surface area contributed by atoms with Crippen molar-refractivity contribution in [1.29, 1.82) is 0 Å². The lowest BCUT2D eigenvalue weighted by Crippen LogP contribution is -2.22. The Labute approximate surface area is 144 Å². The van der Waals surface area contributed by atoms with Crippen molar-refractivity contribution in [2.24, 2.45) is 5.92 Å². The molecule has 0 spiro atoms. The normalized spacial score (nSPS) is 11.6. The molecule has 0 aliphatic rings. The smallest absolute Gasteiger partial charge is 0.406 e. The first-order valence-electron chi connectivity index (χ1n) is 9.09. The fraction of sp³-hybridized carbons (Fsp3) is 0.944. The van der Waals surface area contributed by atoms with Crippen molar-refractivity contribution in [1.82, 2.24) is 5.32 Å². The summed E-state index contributed by atoms with van der Waals surface area (Å²) < 4.78 is 5.26. The molecule has 0 heterocycles. The van der Waals surface area contributed by atoms with E-state index in [9.17, 15) is 4.79 Å². The largest absolute Gasteiger partial charge is 0.449 e. The number of alkyl carbamates (subject to hydrolysis) is 1. The van der Waals surface area contributed by atoms with E-state index < -0.39 is 0 Å². The monoisotopic (exact) mass is 335 g/mol. The number of nitrogens with one attached hydrogen (secondary N) is 1. The number of carbonyl (C=O) groups excluding carboxylic acids is 1. The van der Waals surface area contributed by atoms with Crippen LogP contribution in [-0.2, 0) is 4.74 Å². The number of hydrogen-bond donors (Lipinski definition) is 1. The van der Waals surface area contributed by atoms with Crippen LogP contribution in [0.4, 0.5) is 4.79 Å². The fourth-order valence-electron chi connectivity index (χ4n) is 2.65. The Morgan fingerprint density at radius 1 is 0.864 bits per heavy atom. The van der Waals surface area contributed by atoms with Gasteiger partial charge in [0.05, 0.1) is 6.61 Å². The summed E-state index contributed by atoms with van der Waals surface area (Å²) in [7, 11) is 1.62. The van der Waals surface area contributed by atoms with Crippen molar-refractivity contribution in [2.45, 2.75) is 90.9 Å². The summed E-state index contributed by atoms with van der Waals surface area (Å²) >= 11 is 0. The third-order valence-electron chi connectivity index (χ3n) is 4.09. The van der Waals surface area contributed by atoms with Gasteiger partial charge in [-0.05, 0) is 18.8 Å². The number of unbranched alkanes of at least 4 members (excludes halogenated alkanes) is 8. The molecule has 134 valence electrons. The maximum atomic E-state index is 11.2. The molecule has 3 nitrogen and oxygen atoms in total. The Morgan fingerprint density at radius 3 is 1.82 bits per heavy atom. The van der Waals surface area contributed by atoms with Gasteiger partial charge in [-0.15, -0.1) is 12.4 Å². The topological polar surface area (TPSA) is 38.3 Å². The van der Waals surface area contributed by atoms with Gasteiger partial charge in [-0.1, -0.05) is 78.1 Å². The zero-order valence-electron chi connectivity index (χ0n) is 15.0. The highest BCUT2D eigenvalue weighted by Crippen LogP contribution is 2.19. The fourth-order valence-corrected chi connectivity index (χ4v) is 2.65. The molecule has 0 saturated heterocycles. The van der Waals surface area contributed by atoms with E-state index in [0.717, 1.165) is 0 Å². The average molecular weight is 336 g/mol. The molecule has 0 fully saturated rings. The summed E-state index contributed by atoms with van der Waals surface area (Å²) in [6.45, 7) is 5.08. The highest BCUT2D eigenvalue weighted by Gasteiger charge is 2.11. The van der Waals surface area contributed by atoms with Gasteiger partial charge in [-0.3, -0.25) is 0 Å². The van der Waals surface area contributed by atoms with E-state index in [4.69, 9.17) is 4.74 Å². The van der Waals surface area contributed by atoms with Gasteiger partial charge in [0.1, 0.15) is 0 Å². The summed E-state index contributed by atoms with van der Waals surface area (Å²) in [6.07, 6.45) is 15.3. The molecule has 1 unspecified atom stereocenters. The molecule has 0 rings (SSSR count). The first-order chi connectivity index (χ1) is 10.2. The molecule has 0 radical (unpaired) electrons. The maximum absolute atomic E-state index is 11.2. The van der Waals surface area contributed by atoms with Crippen molar-refractivity contribution >= 4 is 18.5 Å². The molecular weight excluding hydrogens is 298 g/mol. The van der Waals surface area contributed by atoms with Crippen molar-refractivity contribution in [3.63, 3.8) is 0 Å². The van der Waals surface area contributed by atoms with E-state index in [1.165, 1.54) is 77.0 Å². The molecule has 1 amide bonds. The average Bonchev–Trinajstić information content (AvgIpc) is 2.51. The summed E-state index contributed by atoms with van der Waals surface area (Å²) in [5.41, 5.74) is 0. The summed E-state index contributed by atoms with van der Waals surface area (Å²) in [4.78, 5) is 11.2. The second-order valence-electron chi connectivity index (χ2n) is 6.12. The molecule has 0 aliphatic carbocycles. The number of ether oxygens (including phenoxy) is 1. The number of amides is 1. The Balaban J connectivity index is 0. The zero-order chi connectivity index (χ0) is 15.8. The Bertz CT molecular complexity index is 237. The lowest BCUT2D eigenvalue weighted by molar-refractivity contribution is 0.122. The van der Waals surface area contributed by atoms with E-state index in [1.807, 2.05) is 0 Å². The van der Waals surface area contributed by atoms with Crippen LogP contribution >= 0.6 is 12.4 Å². The van der Waals surface area contributed by atoms with Crippen LogP contribution in [0.25, 0.3) is 0 Å². The minimum atomic E-state index is -0.295. The first kappa shape index (κ1) is 23.8. The number of carbonyl (C=O) groups is 1. The minimum absolute atomic E-state index is 0. The molecular formula is C18H38ClNO2.